The molecule has 0 aliphatic rings. The third-order valence-corrected chi connectivity index (χ3v) is 2.23. The molecule has 1 rings (SSSR count). The van der Waals surface area contributed by atoms with Crippen molar-refractivity contribution in [2.75, 3.05) is 7.11 Å². The standard InChI is InChI=1S/C11H15NO3/c1-8(12-14)6-7-9-4-3-5-10(15-2)11(9)13/h3-5,13-14H,6-7H2,1-2H3/b12-8+. The lowest BCUT2D eigenvalue weighted by Gasteiger charge is -2.07. The summed E-state index contributed by atoms with van der Waals surface area (Å²) in [6.45, 7) is 1.73. The van der Waals surface area contributed by atoms with E-state index in [-0.39, 0.29) is 5.75 Å². The van der Waals surface area contributed by atoms with Gasteiger partial charge in [-0.2, -0.15) is 0 Å². The molecule has 0 radical (unpaired) electrons. The molecular weight excluding hydrogens is 194 g/mol. The molecule has 15 heavy (non-hydrogen) atoms. The first-order chi connectivity index (χ1) is 7.19. The predicted molar refractivity (Wildman–Crippen MR) is 57.9 cm³/mol. The van der Waals surface area contributed by atoms with E-state index in [1.807, 2.05) is 12.1 Å². The van der Waals surface area contributed by atoms with Crippen molar-refractivity contribution in [3.63, 3.8) is 0 Å². The minimum atomic E-state index is 0.158. The van der Waals surface area contributed by atoms with Gasteiger partial charge in [-0.05, 0) is 31.4 Å². The van der Waals surface area contributed by atoms with Crippen LogP contribution in [0.3, 0.4) is 0 Å². The quantitative estimate of drug-likeness (QED) is 0.454. The van der Waals surface area contributed by atoms with Gasteiger partial charge in [0.1, 0.15) is 0 Å². The van der Waals surface area contributed by atoms with Crippen molar-refractivity contribution in [3.05, 3.63) is 23.8 Å². The fourth-order valence-corrected chi connectivity index (χ4v) is 1.30. The predicted octanol–water partition coefficient (Wildman–Crippen LogP) is 2.18. The monoisotopic (exact) mass is 209 g/mol. The maximum Gasteiger partial charge on any atom is 0.160 e. The third-order valence-electron chi connectivity index (χ3n) is 2.23. The van der Waals surface area contributed by atoms with Crippen molar-refractivity contribution in [1.82, 2.24) is 0 Å². The molecule has 0 aliphatic carbocycles. The summed E-state index contributed by atoms with van der Waals surface area (Å²) >= 11 is 0. The molecule has 2 N–H and O–H groups in total. The summed E-state index contributed by atoms with van der Waals surface area (Å²) in [5.41, 5.74) is 1.43. The van der Waals surface area contributed by atoms with Gasteiger partial charge < -0.3 is 15.1 Å². The van der Waals surface area contributed by atoms with Gasteiger partial charge in [-0.15, -0.1) is 0 Å². The molecule has 0 bridgehead atoms. The number of para-hydroxylation sites is 1. The number of ether oxygens (including phenoxy) is 1. The van der Waals surface area contributed by atoms with Crippen molar-refractivity contribution < 1.29 is 15.1 Å². The van der Waals surface area contributed by atoms with Gasteiger partial charge in [0.15, 0.2) is 11.5 Å². The normalized spacial score (nSPS) is 11.5. The van der Waals surface area contributed by atoms with Crippen LogP contribution in [-0.4, -0.2) is 23.1 Å². The van der Waals surface area contributed by atoms with Crippen molar-refractivity contribution >= 4 is 5.71 Å². The Morgan fingerprint density at radius 1 is 1.47 bits per heavy atom. The Morgan fingerprint density at radius 2 is 2.20 bits per heavy atom. The van der Waals surface area contributed by atoms with Crippen LogP contribution >= 0.6 is 0 Å². The van der Waals surface area contributed by atoms with Crippen LogP contribution in [0, 0.1) is 0 Å². The first-order valence-electron chi connectivity index (χ1n) is 4.71. The third kappa shape index (κ3) is 2.87. The van der Waals surface area contributed by atoms with E-state index in [0.717, 1.165) is 5.56 Å². The molecule has 0 saturated heterocycles. The van der Waals surface area contributed by atoms with E-state index in [9.17, 15) is 5.11 Å². The number of oxime groups is 1. The summed E-state index contributed by atoms with van der Waals surface area (Å²) in [7, 11) is 1.51. The van der Waals surface area contributed by atoms with Gasteiger partial charge >= 0.3 is 0 Å². The molecule has 1 aromatic rings. The SMILES string of the molecule is COc1cccc(CC/C(C)=N/O)c1O. The molecule has 0 atom stereocenters. The van der Waals surface area contributed by atoms with E-state index in [1.54, 1.807) is 13.0 Å². The van der Waals surface area contributed by atoms with E-state index in [0.29, 0.717) is 24.3 Å². The number of hydrogen-bond acceptors (Lipinski definition) is 4. The lowest BCUT2D eigenvalue weighted by Crippen LogP contribution is -1.96. The van der Waals surface area contributed by atoms with Crippen LogP contribution in [0.1, 0.15) is 18.9 Å². The van der Waals surface area contributed by atoms with E-state index in [4.69, 9.17) is 9.94 Å². The Balaban J connectivity index is 2.77. The number of aromatic hydroxyl groups is 1. The van der Waals surface area contributed by atoms with Crippen LogP contribution in [0.2, 0.25) is 0 Å². The summed E-state index contributed by atoms with van der Waals surface area (Å²) in [6, 6.07) is 5.34. The second kappa shape index (κ2) is 5.24. The molecular formula is C11H15NO3. The highest BCUT2D eigenvalue weighted by molar-refractivity contribution is 5.81. The maximum absolute atomic E-state index is 9.75. The largest absolute Gasteiger partial charge is 0.504 e. The summed E-state index contributed by atoms with van der Waals surface area (Å²) < 4.78 is 4.99. The molecule has 0 heterocycles. The minimum Gasteiger partial charge on any atom is -0.504 e. The molecule has 0 aromatic heterocycles. The zero-order valence-corrected chi connectivity index (χ0v) is 8.90. The minimum absolute atomic E-state index is 0.158. The lowest BCUT2D eigenvalue weighted by molar-refractivity contribution is 0.317. The molecule has 0 saturated carbocycles. The van der Waals surface area contributed by atoms with Crippen LogP contribution in [0.4, 0.5) is 0 Å². The fraction of sp³-hybridized carbons (Fsp3) is 0.364. The molecule has 0 fully saturated rings. The highest BCUT2D eigenvalue weighted by Gasteiger charge is 2.07. The van der Waals surface area contributed by atoms with Crippen molar-refractivity contribution in [1.29, 1.82) is 0 Å². The molecule has 0 aliphatic heterocycles. The summed E-state index contributed by atoms with van der Waals surface area (Å²) in [6.07, 6.45) is 1.23. The Kier molecular flexibility index (Phi) is 3.97. The molecule has 82 valence electrons. The van der Waals surface area contributed by atoms with Gasteiger partial charge in [0.25, 0.3) is 0 Å². The number of aryl methyl sites for hydroxylation is 1. The molecule has 0 amide bonds. The first kappa shape index (κ1) is 11.4. The van der Waals surface area contributed by atoms with E-state index in [2.05, 4.69) is 5.16 Å². The molecule has 1 aromatic carbocycles. The van der Waals surface area contributed by atoms with Crippen molar-refractivity contribution in [3.8, 4) is 11.5 Å². The van der Waals surface area contributed by atoms with Crippen molar-refractivity contribution in [2.45, 2.75) is 19.8 Å². The first-order valence-corrected chi connectivity index (χ1v) is 4.71. The highest BCUT2D eigenvalue weighted by Crippen LogP contribution is 2.30. The summed E-state index contributed by atoms with van der Waals surface area (Å²) in [4.78, 5) is 0. The van der Waals surface area contributed by atoms with Crippen LogP contribution in [0.15, 0.2) is 23.4 Å². The van der Waals surface area contributed by atoms with Crippen LogP contribution in [0.5, 0.6) is 11.5 Å². The van der Waals surface area contributed by atoms with Gasteiger partial charge in [0, 0.05) is 0 Å². The average Bonchev–Trinajstić information content (AvgIpc) is 2.27. The number of methoxy groups -OCH3 is 1. The summed E-state index contributed by atoms with van der Waals surface area (Å²) in [5, 5.41) is 21.3. The Morgan fingerprint density at radius 3 is 2.80 bits per heavy atom. The number of phenolic OH excluding ortho intramolecular Hbond substituents is 1. The second-order valence-corrected chi connectivity index (χ2v) is 3.30. The van der Waals surface area contributed by atoms with Crippen LogP contribution in [-0.2, 0) is 6.42 Å². The van der Waals surface area contributed by atoms with Gasteiger partial charge in [0.2, 0.25) is 0 Å². The lowest BCUT2D eigenvalue weighted by atomic mass is 10.1. The molecule has 0 unspecified atom stereocenters. The topological polar surface area (TPSA) is 62.0 Å². The highest BCUT2D eigenvalue weighted by atomic mass is 16.5. The van der Waals surface area contributed by atoms with E-state index < -0.39 is 0 Å². The fourth-order valence-electron chi connectivity index (χ4n) is 1.30. The molecule has 0 spiro atoms. The van der Waals surface area contributed by atoms with E-state index >= 15 is 0 Å². The van der Waals surface area contributed by atoms with Gasteiger partial charge in [-0.3, -0.25) is 0 Å². The zero-order chi connectivity index (χ0) is 11.3. The average molecular weight is 209 g/mol. The number of phenols is 1. The zero-order valence-electron chi connectivity index (χ0n) is 8.90. The molecule has 4 nitrogen and oxygen atoms in total. The van der Waals surface area contributed by atoms with Crippen LogP contribution in [0.25, 0.3) is 0 Å². The summed E-state index contributed by atoms with van der Waals surface area (Å²) in [5.74, 6) is 0.622. The Labute approximate surface area is 88.8 Å². The van der Waals surface area contributed by atoms with Gasteiger partial charge in [-0.25, -0.2) is 0 Å². The van der Waals surface area contributed by atoms with Gasteiger partial charge in [-0.1, -0.05) is 17.3 Å². The number of benzene rings is 1. The Bertz CT molecular complexity index is 361. The Hall–Kier alpha value is -1.71. The smallest absolute Gasteiger partial charge is 0.160 e. The second-order valence-electron chi connectivity index (χ2n) is 3.30. The van der Waals surface area contributed by atoms with Crippen LogP contribution < -0.4 is 4.74 Å². The number of nitrogens with zero attached hydrogens (tertiary/aromatic N) is 1. The van der Waals surface area contributed by atoms with E-state index in [1.165, 1.54) is 7.11 Å². The van der Waals surface area contributed by atoms with Crippen molar-refractivity contribution in [2.24, 2.45) is 5.16 Å². The number of hydrogen-bond donors (Lipinski definition) is 2. The number of rotatable bonds is 4. The maximum atomic E-state index is 9.75. The molecule has 4 heteroatoms. The van der Waals surface area contributed by atoms with Gasteiger partial charge in [0.05, 0.1) is 12.8 Å².